The van der Waals surface area contributed by atoms with Gasteiger partial charge in [-0.25, -0.2) is 25.6 Å². The molecule has 118 heavy (non-hydrogen) atoms. The zero-order valence-corrected chi connectivity index (χ0v) is 87.0. The van der Waals surface area contributed by atoms with Crippen molar-refractivity contribution in [1.29, 1.82) is 0 Å². The maximum Gasteiger partial charge on any atom is 0.327 e. The number of hydrogen-bond acceptors (Lipinski definition) is 16. The minimum atomic E-state index is 0. The molecule has 3 radical (unpaired) electrons. The van der Waals surface area contributed by atoms with Crippen molar-refractivity contribution in [2.75, 3.05) is 45.6 Å². The summed E-state index contributed by atoms with van der Waals surface area (Å²) in [5.41, 5.74) is 14.4. The maximum absolute atomic E-state index is 8.06. The van der Waals surface area contributed by atoms with Gasteiger partial charge >= 0.3 is 144 Å². The molecule has 600 valence electrons. The van der Waals surface area contributed by atoms with Gasteiger partial charge in [-0.05, 0) is 125 Å². The molecule has 21 rings (SSSR count). The fourth-order valence-electron chi connectivity index (χ4n) is 13.0. The average Bonchev–Trinajstić information content (AvgIpc) is 2.30. The largest absolute Gasteiger partial charge is 0.477 e. The molecule has 0 N–H and O–H groups in total. The number of benzene rings is 10. The first-order chi connectivity index (χ1) is 54.8. The number of halogens is 2. The summed E-state index contributed by atoms with van der Waals surface area (Å²) >= 11 is 4.20. The Balaban J connectivity index is 0.000000219. The molecule has 0 fully saturated rings. The van der Waals surface area contributed by atoms with Crippen molar-refractivity contribution in [1.82, 2.24) is 39.2 Å². The number of furan rings is 3. The van der Waals surface area contributed by atoms with E-state index in [0.717, 1.165) is 148 Å². The predicted molar refractivity (Wildman–Crippen MR) is 449 cm³/mol. The van der Waals surface area contributed by atoms with Gasteiger partial charge in [0.05, 0.1) is 23.6 Å². The predicted octanol–water partition coefficient (Wildman–Crippen LogP) is 10.9. The van der Waals surface area contributed by atoms with Gasteiger partial charge < -0.3 is 115 Å². The molecule has 10 aromatic carbocycles. The minimum Gasteiger partial charge on any atom is -0.477 e. The molecule has 0 atom stereocenters. The number of nitrogens with zero attached hydrogens (tertiary/aromatic N) is 14. The quantitative estimate of drug-likeness (QED) is 0.0646. The van der Waals surface area contributed by atoms with Crippen molar-refractivity contribution in [3.05, 3.63) is 382 Å². The first kappa shape index (κ1) is 100. The SMILES string of the molecule is CN1C=CN(c2[c-]ccc3c2oc2ccccc23)[CH-]1.CN1C=CN(c2cccc3c2oc2ccccc23)[CH-]1.CN1C=CN(c2cccc3c2oc2ccccc23)[CH-]1.[Ag].[C-]1=CCC=C[CH+]CC1.[CH3-].[H-].[I-].[I-].[Ir].[Ir].[K+].[K][K].[O]=[Ag].[c-]1ccccc1N1[CH-]N(c2ccccc2)c2nccnc21.c1ccc(-n2c[n+](-c3ccccc3)c3nccnc32)cc1. The molecular formula is C91H77Ag2I2Ir2K3N14O4-8. The molecule has 5 aliphatic rings. The van der Waals surface area contributed by atoms with Crippen molar-refractivity contribution >= 4 is 180 Å². The third kappa shape index (κ3) is 24.4. The van der Waals surface area contributed by atoms with Crippen LogP contribution in [0.25, 0.3) is 88.5 Å². The van der Waals surface area contributed by atoms with Crippen LogP contribution in [-0.2, 0) is 86.9 Å². The van der Waals surface area contributed by atoms with E-state index in [2.05, 4.69) is 161 Å². The topological polar surface area (TPSA) is 143 Å². The summed E-state index contributed by atoms with van der Waals surface area (Å²) in [7, 11) is 6.01. The molecule has 0 spiro atoms. The summed E-state index contributed by atoms with van der Waals surface area (Å²) in [6.45, 7) is 8.05. The van der Waals surface area contributed by atoms with Gasteiger partial charge in [0, 0.05) is 139 Å². The van der Waals surface area contributed by atoms with Crippen molar-refractivity contribution < 1.29 is 205 Å². The Morgan fingerprint density at radius 2 is 0.941 bits per heavy atom. The molecule has 4 aliphatic heterocycles. The van der Waals surface area contributed by atoms with Gasteiger partial charge in [0.1, 0.15) is 46.0 Å². The van der Waals surface area contributed by atoms with Crippen LogP contribution in [0.3, 0.4) is 0 Å². The summed E-state index contributed by atoms with van der Waals surface area (Å²) in [4.78, 5) is 34.1. The Kier molecular flexibility index (Phi) is 43.2. The summed E-state index contributed by atoms with van der Waals surface area (Å²) < 4.78 is 30.2. The van der Waals surface area contributed by atoms with E-state index in [9.17, 15) is 0 Å². The Morgan fingerprint density at radius 1 is 0.483 bits per heavy atom. The molecule has 0 amide bonds. The average molecular weight is 2400 g/mol. The van der Waals surface area contributed by atoms with Crippen LogP contribution in [0.2, 0.25) is 0 Å². The van der Waals surface area contributed by atoms with Crippen LogP contribution in [0.4, 0.5) is 40.1 Å². The van der Waals surface area contributed by atoms with E-state index in [0.29, 0.717) is 0 Å². The number of rotatable bonds is 7. The van der Waals surface area contributed by atoms with Gasteiger partial charge in [0.15, 0.2) is 11.2 Å². The van der Waals surface area contributed by atoms with E-state index in [1.54, 1.807) is 45.8 Å². The smallest absolute Gasteiger partial charge is 0.327 e. The van der Waals surface area contributed by atoms with Crippen LogP contribution in [0, 0.1) is 58.7 Å². The second-order valence-corrected chi connectivity index (χ2v) is 25.3. The van der Waals surface area contributed by atoms with Crippen LogP contribution in [-0.4, -0.2) is 123 Å². The molecule has 27 heteroatoms. The number of para-hydroxylation sites is 9. The summed E-state index contributed by atoms with van der Waals surface area (Å²) in [6.07, 6.45) is 36.0. The molecule has 6 aromatic heterocycles. The number of fused-ring (bicyclic) bond motifs is 11. The molecule has 0 saturated carbocycles. The Hall–Kier alpha value is -4.85. The van der Waals surface area contributed by atoms with Crippen LogP contribution in [0.15, 0.2) is 336 Å². The van der Waals surface area contributed by atoms with Gasteiger partial charge in [-0.2, -0.15) is 79.5 Å². The van der Waals surface area contributed by atoms with Crippen molar-refractivity contribution in [3.8, 4) is 11.4 Å². The fraction of sp³-hybridized carbons (Fsp3) is 0.0659. The Labute approximate surface area is 867 Å². The van der Waals surface area contributed by atoms with Crippen LogP contribution >= 0.6 is 0 Å². The van der Waals surface area contributed by atoms with Gasteiger partial charge in [0.25, 0.3) is 5.65 Å². The number of hydrogen-bond donors (Lipinski definition) is 0. The third-order valence-electron chi connectivity index (χ3n) is 18.1. The van der Waals surface area contributed by atoms with E-state index in [1.165, 1.54) is 63.2 Å². The molecule has 18 nitrogen and oxygen atoms in total. The summed E-state index contributed by atoms with van der Waals surface area (Å²) in [5.74, 6) is 1.63. The maximum atomic E-state index is 8.06. The van der Waals surface area contributed by atoms with Gasteiger partial charge in [-0.1, -0.05) is 145 Å². The second kappa shape index (κ2) is 50.8. The zero-order chi connectivity index (χ0) is 76.3. The molecule has 0 bridgehead atoms. The standard InChI is InChI=1S/C17H13N4.C17H12N4.2C16H13N2O.C16H12N2O.C8H10.CH3.2Ag.2HI.2Ir.3K.O.H/c2*1-3-7-14(8-4-1)20-13-21(15-9-5-2-6-10-15)17-16(20)18-11-12-19-17;3*1-17-9-10-18(11-17)14-7-4-6-13-12-5-2-3-8-15(12)19-16(13)14;1-2-4-6-8-7-5-3-1;;;;;;;;;;;;/h1-13H;1-9,11-13H;2*2-11H,1H3;2-6,8-11H,1H3;1-3,6H,4-5,7H2;1H3;;;2*1H;;;;;;;/q+1;-2;2*-1;-2;;-1;;;;;;;;;+1;;-1/p-2. The Morgan fingerprint density at radius 3 is 1.47 bits per heavy atom. The van der Waals surface area contributed by atoms with E-state index < -0.39 is 0 Å². The van der Waals surface area contributed by atoms with E-state index in [4.69, 9.17) is 16.5 Å². The second-order valence-electron chi connectivity index (χ2n) is 25.3. The van der Waals surface area contributed by atoms with Gasteiger partial charge in [-0.3, -0.25) is 0 Å². The zero-order valence-electron chi connectivity index (χ0n) is 66.5. The molecule has 0 saturated heterocycles. The van der Waals surface area contributed by atoms with Crippen LogP contribution in [0.5, 0.6) is 0 Å². The van der Waals surface area contributed by atoms with Gasteiger partial charge in [-0.15, -0.1) is 17.3 Å². The van der Waals surface area contributed by atoms with E-state index in [1.807, 2.05) is 278 Å². The summed E-state index contributed by atoms with van der Waals surface area (Å²) in [5, 5.41) is 6.91. The van der Waals surface area contributed by atoms with Gasteiger partial charge in [0.2, 0.25) is 6.33 Å². The normalized spacial score (nSPS) is 13.0. The fourth-order valence-corrected chi connectivity index (χ4v) is 13.0. The number of aromatic nitrogens is 6. The third-order valence-corrected chi connectivity index (χ3v) is 18.1. The molecule has 10 heterocycles. The van der Waals surface area contributed by atoms with Crippen LogP contribution in [0.1, 0.15) is 20.7 Å². The van der Waals surface area contributed by atoms with Crippen molar-refractivity contribution in [3.63, 3.8) is 0 Å². The first-order valence-corrected chi connectivity index (χ1v) is 53.0. The number of imidazole rings is 1. The van der Waals surface area contributed by atoms with Crippen molar-refractivity contribution in [2.45, 2.75) is 19.3 Å². The summed E-state index contributed by atoms with van der Waals surface area (Å²) in [6, 6.07) is 85.6. The van der Waals surface area contributed by atoms with Crippen LogP contribution < -0.4 is 128 Å². The van der Waals surface area contributed by atoms with E-state index in [-0.39, 0.29) is 171 Å². The van der Waals surface area contributed by atoms with Crippen molar-refractivity contribution in [2.24, 2.45) is 0 Å². The Bertz CT molecular complexity index is 5490. The molecular weight excluding hydrogens is 2320 g/mol. The number of allylic oxidation sites excluding steroid dienone is 4. The molecule has 16 aromatic rings. The minimum absolute atomic E-state index is 0. The first-order valence-electron chi connectivity index (χ1n) is 36.3. The molecule has 1 aliphatic carbocycles. The van der Waals surface area contributed by atoms with E-state index >= 15 is 0 Å². The number of anilines is 7. The molecule has 0 unspecified atom stereocenters. The monoisotopic (exact) mass is 2400 g/mol.